The lowest BCUT2D eigenvalue weighted by Gasteiger charge is -2.36. The van der Waals surface area contributed by atoms with Crippen LogP contribution >= 0.6 is 0 Å². The van der Waals surface area contributed by atoms with E-state index in [0.717, 1.165) is 52.6 Å². The van der Waals surface area contributed by atoms with Crippen LogP contribution in [0.2, 0.25) is 0 Å². The molecule has 1 unspecified atom stereocenters. The third kappa shape index (κ3) is 5.05. The molecule has 3 aromatic rings. The van der Waals surface area contributed by atoms with Crippen LogP contribution < -0.4 is 4.74 Å². The van der Waals surface area contributed by atoms with Crippen LogP contribution in [0.15, 0.2) is 71.8 Å². The first kappa shape index (κ1) is 25.3. The number of methoxy groups -OCH3 is 1. The first-order valence-corrected chi connectivity index (χ1v) is 13.7. The normalized spacial score (nSPS) is 24.4. The van der Waals surface area contributed by atoms with Gasteiger partial charge >= 0.3 is 5.97 Å². The molecule has 3 aromatic carbocycles. The Morgan fingerprint density at radius 1 is 0.949 bits per heavy atom. The van der Waals surface area contributed by atoms with Gasteiger partial charge in [-0.1, -0.05) is 55.0 Å². The van der Waals surface area contributed by atoms with Crippen molar-refractivity contribution in [3.8, 4) is 5.75 Å². The monoisotopic (exact) mass is 524 g/mol. The van der Waals surface area contributed by atoms with Crippen molar-refractivity contribution < 1.29 is 23.9 Å². The highest BCUT2D eigenvalue weighted by Gasteiger charge is 2.42. The molecular formula is C32H32N2O5. The maximum atomic E-state index is 13.4. The van der Waals surface area contributed by atoms with Crippen LogP contribution in [-0.2, 0) is 19.1 Å². The topological polar surface area (TPSA) is 85.3 Å². The molecule has 1 amide bonds. The average molecular weight is 525 g/mol. The Bertz CT molecular complexity index is 1430. The third-order valence-corrected chi connectivity index (χ3v) is 8.47. The van der Waals surface area contributed by atoms with Gasteiger partial charge < -0.3 is 9.47 Å². The summed E-state index contributed by atoms with van der Waals surface area (Å²) in [6, 6.07) is 21.6. The number of ether oxygens (including phenoxy) is 2. The number of benzene rings is 3. The zero-order chi connectivity index (χ0) is 26.9. The van der Waals surface area contributed by atoms with E-state index >= 15 is 0 Å². The number of hydrazone groups is 1. The van der Waals surface area contributed by atoms with E-state index < -0.39 is 0 Å². The first-order valence-electron chi connectivity index (χ1n) is 13.7. The average Bonchev–Trinajstić information content (AvgIpc) is 3.41. The summed E-state index contributed by atoms with van der Waals surface area (Å²) in [5, 5.41) is 8.45. The van der Waals surface area contributed by atoms with E-state index in [2.05, 4.69) is 24.3 Å². The number of esters is 1. The van der Waals surface area contributed by atoms with Gasteiger partial charge in [-0.25, -0.2) is 5.01 Å². The van der Waals surface area contributed by atoms with E-state index in [4.69, 9.17) is 14.6 Å². The number of rotatable bonds is 6. The van der Waals surface area contributed by atoms with Gasteiger partial charge in [0.2, 0.25) is 0 Å². The van der Waals surface area contributed by atoms with Crippen molar-refractivity contribution in [1.29, 1.82) is 0 Å². The van der Waals surface area contributed by atoms with Crippen LogP contribution in [0.3, 0.4) is 0 Å². The fourth-order valence-corrected chi connectivity index (χ4v) is 6.36. The van der Waals surface area contributed by atoms with Crippen molar-refractivity contribution in [3.05, 3.63) is 77.9 Å². The Balaban J connectivity index is 1.20. The number of hydrogen-bond acceptors (Lipinski definition) is 6. The van der Waals surface area contributed by atoms with E-state index in [-0.39, 0.29) is 42.3 Å². The molecule has 200 valence electrons. The van der Waals surface area contributed by atoms with Crippen LogP contribution in [0, 0.1) is 17.8 Å². The fraction of sp³-hybridized carbons (Fsp3) is 0.375. The number of fused-ring (bicyclic) bond motifs is 3. The standard InChI is InChI=1S/C32H32N2O5/c1-38-27-13-11-21(12-14-27)29-18-28(23-10-9-20-5-2-3-6-22(20)15-23)33-34(29)30(35)19-39-32(37)26-16-24-7-4-8-25(17-26)31(24)36/h2-3,5-6,9-15,24-26,29H,4,7-8,16-19H2,1H3/t24-,25+,26?,29-/m0/s1. The largest absolute Gasteiger partial charge is 0.497 e. The predicted octanol–water partition coefficient (Wildman–Crippen LogP) is 5.46. The van der Waals surface area contributed by atoms with Gasteiger partial charge in [0.05, 0.1) is 24.8 Å². The number of carbonyl (C=O) groups is 3. The molecule has 4 atom stereocenters. The Morgan fingerprint density at radius 2 is 1.67 bits per heavy atom. The zero-order valence-electron chi connectivity index (χ0n) is 22.0. The summed E-state index contributed by atoms with van der Waals surface area (Å²) in [7, 11) is 1.62. The second-order valence-corrected chi connectivity index (χ2v) is 10.8. The SMILES string of the molecule is COc1ccc([C@@H]2CC(c3ccc4ccccc4c3)=NN2C(=O)COC(=O)C2C[C@H]3CCC[C@@H](C2)C3=O)cc1. The maximum absolute atomic E-state index is 13.4. The molecule has 0 aromatic heterocycles. The number of amides is 1. The van der Waals surface area contributed by atoms with Gasteiger partial charge in [-0.05, 0) is 65.8 Å². The molecule has 0 saturated heterocycles. The predicted molar refractivity (Wildman–Crippen MR) is 147 cm³/mol. The molecule has 6 rings (SSSR count). The summed E-state index contributed by atoms with van der Waals surface area (Å²) >= 11 is 0. The summed E-state index contributed by atoms with van der Waals surface area (Å²) in [6.45, 7) is -0.375. The highest BCUT2D eigenvalue weighted by atomic mass is 16.5. The second kappa shape index (κ2) is 10.6. The van der Waals surface area contributed by atoms with Gasteiger partial charge in [0.1, 0.15) is 11.5 Å². The number of Topliss-reactive ketones (excluding diaryl/α,β-unsaturated/α-hetero) is 1. The molecule has 2 aliphatic carbocycles. The van der Waals surface area contributed by atoms with Crippen molar-refractivity contribution >= 4 is 34.1 Å². The highest BCUT2D eigenvalue weighted by molar-refractivity contribution is 6.05. The molecule has 2 fully saturated rings. The molecule has 3 aliphatic rings. The lowest BCUT2D eigenvalue weighted by molar-refractivity contribution is -0.159. The lowest BCUT2D eigenvalue weighted by Crippen LogP contribution is -2.40. The second-order valence-electron chi connectivity index (χ2n) is 10.8. The molecular weight excluding hydrogens is 492 g/mol. The van der Waals surface area contributed by atoms with Crippen LogP contribution in [0.1, 0.15) is 55.7 Å². The zero-order valence-corrected chi connectivity index (χ0v) is 22.0. The third-order valence-electron chi connectivity index (χ3n) is 8.47. The van der Waals surface area contributed by atoms with Gasteiger partial charge in [-0.15, -0.1) is 0 Å². The van der Waals surface area contributed by atoms with Crippen LogP contribution in [-0.4, -0.2) is 42.1 Å². The van der Waals surface area contributed by atoms with Crippen molar-refractivity contribution in [2.24, 2.45) is 22.9 Å². The van der Waals surface area contributed by atoms with E-state index in [9.17, 15) is 14.4 Å². The lowest BCUT2D eigenvalue weighted by atomic mass is 9.67. The fourth-order valence-electron chi connectivity index (χ4n) is 6.36. The molecule has 1 heterocycles. The van der Waals surface area contributed by atoms with Crippen molar-refractivity contribution in [1.82, 2.24) is 5.01 Å². The maximum Gasteiger partial charge on any atom is 0.309 e. The van der Waals surface area contributed by atoms with E-state index in [0.29, 0.717) is 25.0 Å². The minimum atomic E-state index is -0.383. The number of ketones is 1. The Morgan fingerprint density at radius 3 is 2.38 bits per heavy atom. The quantitative estimate of drug-likeness (QED) is 0.400. The number of carbonyl (C=O) groups excluding carboxylic acids is 3. The van der Waals surface area contributed by atoms with Crippen LogP contribution in [0.5, 0.6) is 5.75 Å². The van der Waals surface area contributed by atoms with E-state index in [1.807, 2.05) is 42.5 Å². The summed E-state index contributed by atoms with van der Waals surface area (Å²) in [4.78, 5) is 38.8. The molecule has 7 heteroatoms. The van der Waals surface area contributed by atoms with Gasteiger partial charge in [-0.3, -0.25) is 14.4 Å². The number of nitrogens with zero attached hydrogens (tertiary/aromatic N) is 2. The summed E-state index contributed by atoms with van der Waals surface area (Å²) in [5.41, 5.74) is 2.69. The van der Waals surface area contributed by atoms with Gasteiger partial charge in [0.15, 0.2) is 6.61 Å². The first-order chi connectivity index (χ1) is 19.0. The van der Waals surface area contributed by atoms with Crippen molar-refractivity contribution in [2.75, 3.05) is 13.7 Å². The van der Waals surface area contributed by atoms with E-state index in [1.165, 1.54) is 5.01 Å². The van der Waals surface area contributed by atoms with Crippen LogP contribution in [0.25, 0.3) is 10.8 Å². The minimum Gasteiger partial charge on any atom is -0.497 e. The summed E-state index contributed by atoms with van der Waals surface area (Å²) in [5.74, 6) is -0.126. The molecule has 2 saturated carbocycles. The minimum absolute atomic E-state index is 0.0436. The molecule has 1 aliphatic heterocycles. The smallest absolute Gasteiger partial charge is 0.309 e. The summed E-state index contributed by atoms with van der Waals surface area (Å²) < 4.78 is 10.9. The molecule has 39 heavy (non-hydrogen) atoms. The highest BCUT2D eigenvalue weighted by Crippen LogP contribution is 2.40. The molecule has 0 radical (unpaired) electrons. The van der Waals surface area contributed by atoms with Gasteiger partial charge in [0.25, 0.3) is 5.91 Å². The van der Waals surface area contributed by atoms with Gasteiger partial charge in [-0.2, -0.15) is 5.10 Å². The number of hydrogen-bond donors (Lipinski definition) is 0. The molecule has 2 bridgehead atoms. The Labute approximate surface area is 227 Å². The van der Waals surface area contributed by atoms with Crippen LogP contribution in [0.4, 0.5) is 0 Å². The molecule has 7 nitrogen and oxygen atoms in total. The van der Waals surface area contributed by atoms with Crippen molar-refractivity contribution in [3.63, 3.8) is 0 Å². The summed E-state index contributed by atoms with van der Waals surface area (Å²) in [6.07, 6.45) is 4.35. The Hall–Kier alpha value is -4.00. The Kier molecular flexibility index (Phi) is 6.90. The van der Waals surface area contributed by atoms with Gasteiger partial charge in [0, 0.05) is 18.3 Å². The van der Waals surface area contributed by atoms with E-state index in [1.54, 1.807) is 7.11 Å². The molecule has 0 N–H and O–H groups in total. The molecule has 0 spiro atoms. The van der Waals surface area contributed by atoms with Crippen molar-refractivity contribution in [2.45, 2.75) is 44.6 Å².